The molecule has 1 N–H and O–H groups in total. The predicted octanol–water partition coefficient (Wildman–Crippen LogP) is 3.77. The third-order valence-electron chi connectivity index (χ3n) is 5.83. The number of ether oxygens (including phenoxy) is 1. The van der Waals surface area contributed by atoms with Crippen LogP contribution in [0.5, 0.6) is 0 Å². The molecule has 0 unspecified atom stereocenters. The zero-order valence-corrected chi connectivity index (χ0v) is 22.1. The van der Waals surface area contributed by atoms with Gasteiger partial charge in [-0.2, -0.15) is 0 Å². The van der Waals surface area contributed by atoms with E-state index in [1.54, 1.807) is 25.7 Å². The summed E-state index contributed by atoms with van der Waals surface area (Å²) in [5.74, 6) is 0.0480. The van der Waals surface area contributed by atoms with Gasteiger partial charge < -0.3 is 9.64 Å². The summed E-state index contributed by atoms with van der Waals surface area (Å²) in [6.45, 7) is 13.0. The minimum Gasteiger partial charge on any atom is -0.444 e. The third-order valence-corrected chi connectivity index (χ3v) is 9.09. The standard InChI is InChI=1S/C21H33ClN2O6S2/c1-13-14(2)18(31(22,26)27)16(4)19(15(13)3)32(28,29)23-12-17-8-10-24(11-9-17)20(25)30-21(5,6)7/h17,23H,8-12H2,1-7H3. The first kappa shape index (κ1) is 26.9. The van der Waals surface area contributed by atoms with Gasteiger partial charge in [0.25, 0.3) is 9.05 Å². The molecule has 0 atom stereocenters. The van der Waals surface area contributed by atoms with Crippen LogP contribution in [0.1, 0.15) is 55.9 Å². The predicted molar refractivity (Wildman–Crippen MR) is 124 cm³/mol. The molecule has 1 aliphatic rings. The van der Waals surface area contributed by atoms with Crippen molar-refractivity contribution in [1.82, 2.24) is 9.62 Å². The lowest BCUT2D eigenvalue weighted by Crippen LogP contribution is -2.43. The van der Waals surface area contributed by atoms with Crippen LogP contribution in [0.3, 0.4) is 0 Å². The van der Waals surface area contributed by atoms with E-state index in [0.29, 0.717) is 42.6 Å². The highest BCUT2D eigenvalue weighted by Gasteiger charge is 2.31. The Labute approximate surface area is 196 Å². The van der Waals surface area contributed by atoms with Crippen molar-refractivity contribution in [2.75, 3.05) is 19.6 Å². The van der Waals surface area contributed by atoms with Crippen molar-refractivity contribution in [1.29, 1.82) is 0 Å². The summed E-state index contributed by atoms with van der Waals surface area (Å²) in [5, 5.41) is 0. The van der Waals surface area contributed by atoms with E-state index in [1.165, 1.54) is 6.92 Å². The molecule has 11 heteroatoms. The number of carbonyl (C=O) groups is 1. The number of nitrogens with zero attached hydrogens (tertiary/aromatic N) is 1. The maximum absolute atomic E-state index is 13.2. The number of rotatable bonds is 5. The van der Waals surface area contributed by atoms with Gasteiger partial charge in [0.1, 0.15) is 5.60 Å². The van der Waals surface area contributed by atoms with Crippen molar-refractivity contribution >= 4 is 35.8 Å². The van der Waals surface area contributed by atoms with E-state index in [4.69, 9.17) is 15.4 Å². The van der Waals surface area contributed by atoms with Gasteiger partial charge in [-0.1, -0.05) is 0 Å². The fourth-order valence-electron chi connectivity index (χ4n) is 4.00. The lowest BCUT2D eigenvalue weighted by atomic mass is 9.97. The first-order valence-electron chi connectivity index (χ1n) is 10.5. The molecule has 0 saturated carbocycles. The average molecular weight is 509 g/mol. The third kappa shape index (κ3) is 6.15. The van der Waals surface area contributed by atoms with Crippen LogP contribution in [-0.4, -0.2) is 53.1 Å². The van der Waals surface area contributed by atoms with Gasteiger partial charge in [0.2, 0.25) is 10.0 Å². The summed E-state index contributed by atoms with van der Waals surface area (Å²) in [7, 11) is -2.49. The van der Waals surface area contributed by atoms with Gasteiger partial charge in [0.15, 0.2) is 0 Å². The van der Waals surface area contributed by atoms with Crippen molar-refractivity contribution in [2.24, 2.45) is 5.92 Å². The molecule has 0 spiro atoms. The highest BCUT2D eigenvalue weighted by molar-refractivity contribution is 8.13. The first-order valence-corrected chi connectivity index (χ1v) is 14.3. The van der Waals surface area contributed by atoms with Crippen LogP contribution in [-0.2, 0) is 23.8 Å². The van der Waals surface area contributed by atoms with E-state index in [-0.39, 0.29) is 33.9 Å². The molecule has 1 saturated heterocycles. The molecule has 0 aliphatic carbocycles. The number of amides is 1. The quantitative estimate of drug-likeness (QED) is 0.606. The number of carbonyl (C=O) groups excluding carboxylic acids is 1. The zero-order chi connectivity index (χ0) is 24.6. The Balaban J connectivity index is 2.16. The Morgan fingerprint density at radius 2 is 1.47 bits per heavy atom. The summed E-state index contributed by atoms with van der Waals surface area (Å²) in [5.41, 5.74) is 1.06. The van der Waals surface area contributed by atoms with Crippen molar-refractivity contribution in [3.8, 4) is 0 Å². The highest BCUT2D eigenvalue weighted by Crippen LogP contribution is 2.34. The second kappa shape index (κ2) is 9.48. The molecule has 1 aromatic rings. The molecular weight excluding hydrogens is 476 g/mol. The Bertz CT molecular complexity index is 1100. The van der Waals surface area contributed by atoms with Crippen LogP contribution in [0.15, 0.2) is 9.79 Å². The molecule has 8 nitrogen and oxygen atoms in total. The van der Waals surface area contributed by atoms with Crippen molar-refractivity contribution in [3.05, 3.63) is 22.3 Å². The van der Waals surface area contributed by atoms with Gasteiger partial charge >= 0.3 is 6.09 Å². The van der Waals surface area contributed by atoms with E-state index in [0.717, 1.165) is 0 Å². The number of benzene rings is 1. The Morgan fingerprint density at radius 1 is 0.969 bits per heavy atom. The molecule has 0 radical (unpaired) electrons. The fourth-order valence-corrected chi connectivity index (χ4v) is 7.41. The topological polar surface area (TPSA) is 110 Å². The molecule has 32 heavy (non-hydrogen) atoms. The van der Waals surface area contributed by atoms with Gasteiger partial charge in [-0.15, -0.1) is 0 Å². The minimum atomic E-state index is -4.12. The second-order valence-corrected chi connectivity index (χ2v) is 13.6. The minimum absolute atomic E-state index is 0.0480. The van der Waals surface area contributed by atoms with Gasteiger partial charge in [-0.25, -0.2) is 26.4 Å². The van der Waals surface area contributed by atoms with Gasteiger partial charge in [-0.05, 0) is 89.5 Å². The molecule has 1 amide bonds. The summed E-state index contributed by atoms with van der Waals surface area (Å²) in [6, 6.07) is 0. The highest BCUT2D eigenvalue weighted by atomic mass is 35.7. The summed E-state index contributed by atoms with van der Waals surface area (Å²) in [4.78, 5) is 13.6. The average Bonchev–Trinajstić information content (AvgIpc) is 2.62. The van der Waals surface area contributed by atoms with Crippen LogP contribution in [0.25, 0.3) is 0 Å². The number of hydrogen-bond acceptors (Lipinski definition) is 6. The second-order valence-electron chi connectivity index (χ2n) is 9.36. The molecule has 0 aromatic heterocycles. The Hall–Kier alpha value is -1.36. The van der Waals surface area contributed by atoms with Crippen LogP contribution >= 0.6 is 10.7 Å². The van der Waals surface area contributed by atoms with Gasteiger partial charge in [0.05, 0.1) is 9.79 Å². The van der Waals surface area contributed by atoms with E-state index < -0.39 is 24.7 Å². The lowest BCUT2D eigenvalue weighted by Gasteiger charge is -2.33. The molecule has 1 aliphatic heterocycles. The van der Waals surface area contributed by atoms with Gasteiger partial charge in [-0.3, -0.25) is 0 Å². The first-order chi connectivity index (χ1) is 14.5. The van der Waals surface area contributed by atoms with Crippen LogP contribution in [0.4, 0.5) is 4.79 Å². The summed E-state index contributed by atoms with van der Waals surface area (Å²) >= 11 is 0. The van der Waals surface area contributed by atoms with E-state index in [9.17, 15) is 21.6 Å². The molecular formula is C21H33ClN2O6S2. The summed E-state index contributed by atoms with van der Waals surface area (Å²) in [6.07, 6.45) is 0.898. The maximum Gasteiger partial charge on any atom is 0.410 e. The molecule has 182 valence electrons. The molecule has 2 rings (SSSR count). The summed E-state index contributed by atoms with van der Waals surface area (Å²) < 4.78 is 58.5. The number of hydrogen-bond donors (Lipinski definition) is 1. The number of piperidine rings is 1. The number of halogens is 1. The van der Waals surface area contributed by atoms with E-state index in [2.05, 4.69) is 4.72 Å². The lowest BCUT2D eigenvalue weighted by molar-refractivity contribution is 0.0185. The normalized spacial score (nSPS) is 16.3. The van der Waals surface area contributed by atoms with Crippen molar-refractivity contribution < 1.29 is 26.4 Å². The molecule has 1 fully saturated rings. The zero-order valence-electron chi connectivity index (χ0n) is 19.7. The Morgan fingerprint density at radius 3 is 1.94 bits per heavy atom. The fraction of sp³-hybridized carbons (Fsp3) is 0.667. The SMILES string of the molecule is Cc1c(C)c(S(=O)(=O)Cl)c(C)c(S(=O)(=O)NCC2CCN(C(=O)OC(C)(C)C)CC2)c1C. The molecule has 0 bridgehead atoms. The maximum atomic E-state index is 13.2. The smallest absolute Gasteiger partial charge is 0.410 e. The van der Waals surface area contributed by atoms with Crippen LogP contribution < -0.4 is 4.72 Å². The van der Waals surface area contributed by atoms with Crippen molar-refractivity contribution in [2.45, 2.75) is 76.7 Å². The molecule has 1 heterocycles. The van der Waals surface area contributed by atoms with Crippen LogP contribution in [0.2, 0.25) is 0 Å². The number of nitrogens with one attached hydrogen (secondary N) is 1. The molecule has 1 aromatic carbocycles. The van der Waals surface area contributed by atoms with Gasteiger partial charge in [0, 0.05) is 30.3 Å². The number of likely N-dealkylation sites (tertiary alicyclic amines) is 1. The monoisotopic (exact) mass is 508 g/mol. The van der Waals surface area contributed by atoms with Crippen molar-refractivity contribution in [3.63, 3.8) is 0 Å². The van der Waals surface area contributed by atoms with E-state index in [1.807, 2.05) is 20.8 Å². The largest absolute Gasteiger partial charge is 0.444 e. The van der Waals surface area contributed by atoms with Crippen LogP contribution in [0, 0.1) is 33.6 Å². The van der Waals surface area contributed by atoms with E-state index >= 15 is 0 Å². The number of sulfonamides is 1. The Kier molecular flexibility index (Phi) is 7.97.